The molecule has 0 aliphatic rings. The molecule has 0 aliphatic heterocycles. The van der Waals surface area contributed by atoms with Crippen LogP contribution < -0.4 is 10.2 Å². The molecule has 0 spiro atoms. The Morgan fingerprint density at radius 3 is 2.50 bits per heavy atom. The molecule has 5 nitrogen and oxygen atoms in total. The van der Waals surface area contributed by atoms with Gasteiger partial charge in [-0.1, -0.05) is 37.3 Å². The third kappa shape index (κ3) is 4.94. The van der Waals surface area contributed by atoms with Crippen LogP contribution in [0.3, 0.4) is 0 Å². The Hall–Kier alpha value is -3.21. The maximum Gasteiger partial charge on any atom is 0.251 e. The molecule has 2 aromatic heterocycles. The molecule has 2 heterocycles. The normalized spacial score (nSPS) is 10.5. The molecule has 0 bridgehead atoms. The van der Waals surface area contributed by atoms with Gasteiger partial charge in [0.05, 0.1) is 0 Å². The van der Waals surface area contributed by atoms with Crippen molar-refractivity contribution in [1.82, 2.24) is 15.3 Å². The van der Waals surface area contributed by atoms with Gasteiger partial charge in [-0.3, -0.25) is 9.78 Å². The first-order valence-electron chi connectivity index (χ1n) is 9.60. The molecule has 144 valence electrons. The fraction of sp³-hybridized carbons (Fsp3) is 0.261. The van der Waals surface area contributed by atoms with Crippen LogP contribution in [0.15, 0.2) is 67.0 Å². The molecule has 0 atom stereocenters. The van der Waals surface area contributed by atoms with Crippen molar-refractivity contribution in [1.29, 1.82) is 0 Å². The number of hydrogen-bond donors (Lipinski definition) is 1. The average molecular weight is 374 g/mol. The van der Waals surface area contributed by atoms with Crippen molar-refractivity contribution in [2.24, 2.45) is 0 Å². The lowest BCUT2D eigenvalue weighted by Crippen LogP contribution is -2.27. The molecular weight excluding hydrogens is 348 g/mol. The fourth-order valence-corrected chi connectivity index (χ4v) is 3.17. The van der Waals surface area contributed by atoms with E-state index in [0.717, 1.165) is 47.6 Å². The molecule has 0 unspecified atom stereocenters. The Morgan fingerprint density at radius 2 is 1.71 bits per heavy atom. The minimum atomic E-state index is -0.0524. The van der Waals surface area contributed by atoms with Gasteiger partial charge < -0.3 is 10.2 Å². The summed E-state index contributed by atoms with van der Waals surface area (Å²) in [6.45, 7) is 3.30. The van der Waals surface area contributed by atoms with Crippen LogP contribution in [-0.2, 0) is 19.4 Å². The summed E-state index contributed by atoms with van der Waals surface area (Å²) in [6, 6.07) is 17.6. The number of pyridine rings is 2. The number of rotatable bonds is 8. The predicted octanol–water partition coefficient (Wildman–Crippen LogP) is 3.65. The fourth-order valence-electron chi connectivity index (χ4n) is 3.17. The Kier molecular flexibility index (Phi) is 6.73. The quantitative estimate of drug-likeness (QED) is 0.654. The van der Waals surface area contributed by atoms with Crippen molar-refractivity contribution in [3.63, 3.8) is 0 Å². The van der Waals surface area contributed by atoms with Crippen molar-refractivity contribution in [3.05, 3.63) is 89.4 Å². The Bertz CT molecular complexity index is 911. The van der Waals surface area contributed by atoms with E-state index in [-0.39, 0.29) is 5.91 Å². The van der Waals surface area contributed by atoms with Crippen LogP contribution in [-0.4, -0.2) is 29.5 Å². The number of anilines is 1. The van der Waals surface area contributed by atoms with E-state index < -0.39 is 0 Å². The highest BCUT2D eigenvalue weighted by atomic mass is 16.1. The van der Waals surface area contributed by atoms with E-state index in [2.05, 4.69) is 27.1 Å². The summed E-state index contributed by atoms with van der Waals surface area (Å²) in [7, 11) is 2.02. The highest BCUT2D eigenvalue weighted by Crippen LogP contribution is 2.17. The Morgan fingerprint density at radius 1 is 0.964 bits per heavy atom. The maximum atomic E-state index is 12.6. The number of hydrogen-bond acceptors (Lipinski definition) is 4. The zero-order chi connectivity index (χ0) is 19.8. The number of nitrogens with one attached hydrogen (secondary N) is 1. The van der Waals surface area contributed by atoms with Crippen molar-refractivity contribution in [3.8, 4) is 0 Å². The molecule has 0 fully saturated rings. The van der Waals surface area contributed by atoms with Crippen LogP contribution in [0.25, 0.3) is 0 Å². The van der Waals surface area contributed by atoms with Gasteiger partial charge in [-0.15, -0.1) is 0 Å². The molecule has 1 amide bonds. The van der Waals surface area contributed by atoms with Gasteiger partial charge in [0.2, 0.25) is 0 Å². The van der Waals surface area contributed by atoms with Crippen LogP contribution in [0.5, 0.6) is 0 Å². The van der Waals surface area contributed by atoms with Crippen LogP contribution in [0, 0.1) is 0 Å². The summed E-state index contributed by atoms with van der Waals surface area (Å²) < 4.78 is 0. The lowest BCUT2D eigenvalue weighted by atomic mass is 10.0. The van der Waals surface area contributed by atoms with Gasteiger partial charge in [0, 0.05) is 55.8 Å². The van der Waals surface area contributed by atoms with Gasteiger partial charge in [-0.25, -0.2) is 4.98 Å². The zero-order valence-corrected chi connectivity index (χ0v) is 16.4. The minimum absolute atomic E-state index is 0.0524. The number of carbonyl (C=O) groups is 1. The number of aryl methyl sites for hydroxylation is 1. The summed E-state index contributed by atoms with van der Waals surface area (Å²) >= 11 is 0. The van der Waals surface area contributed by atoms with Gasteiger partial charge >= 0.3 is 0 Å². The lowest BCUT2D eigenvalue weighted by Gasteiger charge is -2.21. The number of benzene rings is 1. The number of aromatic nitrogens is 2. The SMILES string of the molecule is CCc1ccccc1C(=O)NCc1cccnc1N(C)CCc1ccccn1. The minimum Gasteiger partial charge on any atom is -0.359 e. The van der Waals surface area contributed by atoms with Crippen LogP contribution in [0.1, 0.15) is 34.1 Å². The van der Waals surface area contributed by atoms with Crippen molar-refractivity contribution in [2.45, 2.75) is 26.3 Å². The third-order valence-corrected chi connectivity index (χ3v) is 4.74. The molecule has 3 rings (SSSR count). The van der Waals surface area contributed by atoms with Crippen molar-refractivity contribution >= 4 is 11.7 Å². The molecule has 5 heteroatoms. The van der Waals surface area contributed by atoms with Crippen LogP contribution in [0.2, 0.25) is 0 Å². The summed E-state index contributed by atoms with van der Waals surface area (Å²) in [6.07, 6.45) is 5.26. The second-order valence-corrected chi connectivity index (χ2v) is 6.67. The largest absolute Gasteiger partial charge is 0.359 e. The third-order valence-electron chi connectivity index (χ3n) is 4.74. The summed E-state index contributed by atoms with van der Waals surface area (Å²) in [5.74, 6) is 0.825. The van der Waals surface area contributed by atoms with Gasteiger partial charge in [0.15, 0.2) is 0 Å². The van der Waals surface area contributed by atoms with Gasteiger partial charge in [0.25, 0.3) is 5.91 Å². The van der Waals surface area contributed by atoms with E-state index in [0.29, 0.717) is 6.54 Å². The van der Waals surface area contributed by atoms with Crippen LogP contribution >= 0.6 is 0 Å². The van der Waals surface area contributed by atoms with E-state index >= 15 is 0 Å². The molecule has 1 N–H and O–H groups in total. The first-order valence-corrected chi connectivity index (χ1v) is 9.60. The highest BCUT2D eigenvalue weighted by molar-refractivity contribution is 5.95. The predicted molar refractivity (Wildman–Crippen MR) is 112 cm³/mol. The monoisotopic (exact) mass is 374 g/mol. The molecule has 0 saturated heterocycles. The van der Waals surface area contributed by atoms with Gasteiger partial charge in [0.1, 0.15) is 5.82 Å². The summed E-state index contributed by atoms with van der Waals surface area (Å²) in [5.41, 5.74) is 3.84. The lowest BCUT2D eigenvalue weighted by molar-refractivity contribution is 0.0950. The van der Waals surface area contributed by atoms with Crippen molar-refractivity contribution < 1.29 is 4.79 Å². The zero-order valence-electron chi connectivity index (χ0n) is 16.4. The second-order valence-electron chi connectivity index (χ2n) is 6.67. The van der Waals surface area contributed by atoms with Gasteiger partial charge in [-0.05, 0) is 36.2 Å². The first-order chi connectivity index (χ1) is 13.7. The topological polar surface area (TPSA) is 58.1 Å². The van der Waals surface area contributed by atoms with E-state index in [1.807, 2.05) is 67.8 Å². The molecule has 28 heavy (non-hydrogen) atoms. The van der Waals surface area contributed by atoms with E-state index in [1.165, 1.54) is 0 Å². The summed E-state index contributed by atoms with van der Waals surface area (Å²) in [5, 5.41) is 3.04. The van der Waals surface area contributed by atoms with E-state index in [4.69, 9.17) is 0 Å². The van der Waals surface area contributed by atoms with Crippen LogP contribution in [0.4, 0.5) is 5.82 Å². The number of likely N-dealkylation sites (N-methyl/N-ethyl adjacent to an activating group) is 1. The van der Waals surface area contributed by atoms with E-state index in [9.17, 15) is 4.79 Å². The first kappa shape index (κ1) is 19.5. The van der Waals surface area contributed by atoms with Crippen molar-refractivity contribution in [2.75, 3.05) is 18.5 Å². The summed E-state index contributed by atoms with van der Waals surface area (Å²) in [4.78, 5) is 23.6. The second kappa shape index (κ2) is 9.65. The molecule has 0 saturated carbocycles. The Balaban J connectivity index is 1.65. The molecule has 0 radical (unpaired) electrons. The average Bonchev–Trinajstić information content (AvgIpc) is 2.76. The van der Waals surface area contributed by atoms with E-state index in [1.54, 1.807) is 6.20 Å². The highest BCUT2D eigenvalue weighted by Gasteiger charge is 2.13. The maximum absolute atomic E-state index is 12.6. The smallest absolute Gasteiger partial charge is 0.251 e. The van der Waals surface area contributed by atoms with Gasteiger partial charge in [-0.2, -0.15) is 0 Å². The molecule has 3 aromatic rings. The Labute approximate surface area is 166 Å². The number of nitrogens with zero attached hydrogens (tertiary/aromatic N) is 3. The molecular formula is C23H26N4O. The number of amides is 1. The molecule has 1 aromatic carbocycles. The number of carbonyl (C=O) groups excluding carboxylic acids is 1. The molecule has 0 aliphatic carbocycles. The standard InChI is InChI=1S/C23H26N4O/c1-3-18-9-4-5-12-21(18)23(28)26-17-19-10-8-15-25-22(19)27(2)16-13-20-11-6-7-14-24-20/h4-12,14-15H,3,13,16-17H2,1-2H3,(H,26,28).